The molecule has 4 nitrogen and oxygen atoms in total. The Morgan fingerprint density at radius 1 is 0.966 bits per heavy atom. The van der Waals surface area contributed by atoms with Crippen molar-refractivity contribution in [3.05, 3.63) is 80.3 Å². The maximum absolute atomic E-state index is 12.6. The van der Waals surface area contributed by atoms with Gasteiger partial charge in [-0.05, 0) is 98.3 Å². The van der Waals surface area contributed by atoms with Gasteiger partial charge in [-0.1, -0.05) is 11.6 Å². The number of halogens is 1. The van der Waals surface area contributed by atoms with Gasteiger partial charge in [0, 0.05) is 11.4 Å². The molecule has 1 amide bonds. The number of furan rings is 1. The van der Waals surface area contributed by atoms with E-state index in [0.29, 0.717) is 22.9 Å². The Morgan fingerprint density at radius 2 is 1.59 bits per heavy atom. The highest BCUT2D eigenvalue weighted by molar-refractivity contribution is 6.31. The highest BCUT2D eigenvalue weighted by Gasteiger charge is 2.17. The van der Waals surface area contributed by atoms with Gasteiger partial charge >= 0.3 is 0 Å². The van der Waals surface area contributed by atoms with E-state index in [9.17, 15) is 4.79 Å². The highest BCUT2D eigenvalue weighted by Crippen LogP contribution is 2.30. The molecule has 152 valence electrons. The predicted molar refractivity (Wildman–Crippen MR) is 118 cm³/mol. The molecule has 1 heterocycles. The van der Waals surface area contributed by atoms with E-state index in [1.165, 1.54) is 33.4 Å². The number of methoxy groups -OCH3 is 1. The van der Waals surface area contributed by atoms with E-state index in [1.807, 2.05) is 6.07 Å². The van der Waals surface area contributed by atoms with Crippen molar-refractivity contribution in [2.45, 2.75) is 41.0 Å². The summed E-state index contributed by atoms with van der Waals surface area (Å²) in [4.78, 5) is 12.6. The summed E-state index contributed by atoms with van der Waals surface area (Å²) in [6.45, 7) is 10.8. The Bertz CT molecular complexity index is 1050. The lowest BCUT2D eigenvalue weighted by molar-refractivity contribution is 0.0994. The fourth-order valence-corrected chi connectivity index (χ4v) is 3.75. The van der Waals surface area contributed by atoms with Crippen molar-refractivity contribution in [1.29, 1.82) is 0 Å². The third kappa shape index (κ3) is 4.18. The van der Waals surface area contributed by atoms with E-state index in [-0.39, 0.29) is 11.7 Å². The number of hydrogen-bond acceptors (Lipinski definition) is 3. The number of amides is 1. The molecule has 0 spiro atoms. The molecule has 3 aromatic rings. The third-order valence-electron chi connectivity index (χ3n) is 5.80. The molecule has 3 rings (SSSR count). The molecule has 0 aliphatic heterocycles. The van der Waals surface area contributed by atoms with E-state index >= 15 is 0 Å². The monoisotopic (exact) mass is 411 g/mol. The van der Waals surface area contributed by atoms with Crippen LogP contribution in [0.3, 0.4) is 0 Å². The lowest BCUT2D eigenvalue weighted by Crippen LogP contribution is -2.11. The fraction of sp³-hybridized carbons (Fsp3) is 0.292. The Kier molecular flexibility index (Phi) is 6.04. The number of nitrogens with one attached hydrogen (secondary N) is 1. The average molecular weight is 412 g/mol. The van der Waals surface area contributed by atoms with Crippen LogP contribution in [-0.2, 0) is 6.42 Å². The van der Waals surface area contributed by atoms with Gasteiger partial charge in [0.25, 0.3) is 5.91 Å². The standard InChI is InChI=1S/C24H26ClNO3/c1-13-14(2)16(4)20(17(5)15(13)3)12-19-8-10-23(29-19)24(27)26-21-11-18(25)7-9-22(21)28-6/h7-11H,12H2,1-6H3,(H,26,27). The molecule has 0 bridgehead atoms. The Hall–Kier alpha value is -2.72. The summed E-state index contributed by atoms with van der Waals surface area (Å²) in [6, 6.07) is 8.61. The largest absolute Gasteiger partial charge is 0.495 e. The third-order valence-corrected chi connectivity index (χ3v) is 6.04. The predicted octanol–water partition coefficient (Wildman–Crippen LogP) is 6.33. The van der Waals surface area contributed by atoms with Crippen LogP contribution in [0, 0.1) is 34.6 Å². The first-order valence-electron chi connectivity index (χ1n) is 9.52. The zero-order valence-electron chi connectivity index (χ0n) is 17.7. The molecule has 0 aliphatic rings. The Labute approximate surface area is 176 Å². The maximum Gasteiger partial charge on any atom is 0.291 e. The zero-order chi connectivity index (χ0) is 21.3. The minimum atomic E-state index is -0.346. The molecule has 1 N–H and O–H groups in total. The molecule has 2 aromatic carbocycles. The average Bonchev–Trinajstić information content (AvgIpc) is 3.17. The Balaban J connectivity index is 1.84. The summed E-state index contributed by atoms with van der Waals surface area (Å²) in [7, 11) is 1.54. The maximum atomic E-state index is 12.6. The molecule has 0 saturated heterocycles. The van der Waals surface area contributed by atoms with Crippen LogP contribution < -0.4 is 10.1 Å². The minimum Gasteiger partial charge on any atom is -0.495 e. The molecule has 0 atom stereocenters. The molecule has 0 aliphatic carbocycles. The van der Waals surface area contributed by atoms with Crippen LogP contribution in [0.5, 0.6) is 5.75 Å². The van der Waals surface area contributed by atoms with Crippen LogP contribution in [0.2, 0.25) is 5.02 Å². The second-order valence-electron chi connectivity index (χ2n) is 7.35. The number of rotatable bonds is 5. The van der Waals surface area contributed by atoms with Gasteiger partial charge in [-0.15, -0.1) is 0 Å². The zero-order valence-corrected chi connectivity index (χ0v) is 18.5. The summed E-state index contributed by atoms with van der Waals surface area (Å²) in [5, 5.41) is 3.31. The van der Waals surface area contributed by atoms with Gasteiger partial charge in [0.2, 0.25) is 0 Å². The van der Waals surface area contributed by atoms with Gasteiger partial charge in [0.15, 0.2) is 5.76 Å². The van der Waals surface area contributed by atoms with Crippen molar-refractivity contribution in [3.8, 4) is 5.75 Å². The number of ether oxygens (including phenoxy) is 1. The number of carbonyl (C=O) groups is 1. The lowest BCUT2D eigenvalue weighted by atomic mass is 9.88. The van der Waals surface area contributed by atoms with Gasteiger partial charge in [0.05, 0.1) is 12.8 Å². The number of benzene rings is 2. The highest BCUT2D eigenvalue weighted by atomic mass is 35.5. The van der Waals surface area contributed by atoms with Crippen LogP contribution >= 0.6 is 11.6 Å². The van der Waals surface area contributed by atoms with Crippen molar-refractivity contribution in [2.75, 3.05) is 12.4 Å². The number of hydrogen-bond donors (Lipinski definition) is 1. The van der Waals surface area contributed by atoms with Gasteiger partial charge < -0.3 is 14.5 Å². The molecule has 0 unspecified atom stereocenters. The topological polar surface area (TPSA) is 51.5 Å². The smallest absolute Gasteiger partial charge is 0.291 e. The van der Waals surface area contributed by atoms with Gasteiger partial charge in [-0.25, -0.2) is 0 Å². The summed E-state index contributed by atoms with van der Waals surface area (Å²) in [5.41, 5.74) is 8.25. The molecule has 0 saturated carbocycles. The Morgan fingerprint density at radius 3 is 2.21 bits per heavy atom. The van der Waals surface area contributed by atoms with Crippen LogP contribution in [0.25, 0.3) is 0 Å². The van der Waals surface area contributed by atoms with Crippen molar-refractivity contribution < 1.29 is 13.9 Å². The second-order valence-corrected chi connectivity index (χ2v) is 7.78. The first-order chi connectivity index (χ1) is 13.7. The van der Waals surface area contributed by atoms with Crippen molar-refractivity contribution in [3.63, 3.8) is 0 Å². The van der Waals surface area contributed by atoms with Crippen LogP contribution in [0.1, 0.15) is 49.7 Å². The van der Waals surface area contributed by atoms with E-state index < -0.39 is 0 Å². The van der Waals surface area contributed by atoms with Crippen LogP contribution in [0.4, 0.5) is 5.69 Å². The van der Waals surface area contributed by atoms with E-state index in [4.69, 9.17) is 20.8 Å². The molecule has 29 heavy (non-hydrogen) atoms. The van der Waals surface area contributed by atoms with Gasteiger partial charge in [0.1, 0.15) is 11.5 Å². The molecule has 1 aromatic heterocycles. The van der Waals surface area contributed by atoms with Crippen LogP contribution in [0.15, 0.2) is 34.7 Å². The quantitative estimate of drug-likeness (QED) is 0.533. The molecular weight excluding hydrogens is 386 g/mol. The van der Waals surface area contributed by atoms with E-state index in [1.54, 1.807) is 31.4 Å². The molecular formula is C24H26ClNO3. The molecule has 5 heteroatoms. The van der Waals surface area contributed by atoms with Crippen molar-refractivity contribution in [1.82, 2.24) is 0 Å². The van der Waals surface area contributed by atoms with Crippen molar-refractivity contribution >= 4 is 23.2 Å². The minimum absolute atomic E-state index is 0.248. The van der Waals surface area contributed by atoms with E-state index in [0.717, 1.165) is 5.76 Å². The van der Waals surface area contributed by atoms with Crippen LogP contribution in [-0.4, -0.2) is 13.0 Å². The van der Waals surface area contributed by atoms with Crippen molar-refractivity contribution in [2.24, 2.45) is 0 Å². The summed E-state index contributed by atoms with van der Waals surface area (Å²) < 4.78 is 11.1. The molecule has 0 fully saturated rings. The van der Waals surface area contributed by atoms with Gasteiger partial charge in [-0.3, -0.25) is 4.79 Å². The second kappa shape index (κ2) is 8.34. The normalized spacial score (nSPS) is 10.9. The summed E-state index contributed by atoms with van der Waals surface area (Å²) >= 11 is 6.03. The molecule has 0 radical (unpaired) electrons. The first kappa shape index (κ1) is 21.0. The fourth-order valence-electron chi connectivity index (χ4n) is 3.57. The van der Waals surface area contributed by atoms with Gasteiger partial charge in [-0.2, -0.15) is 0 Å². The first-order valence-corrected chi connectivity index (χ1v) is 9.90. The number of carbonyl (C=O) groups excluding carboxylic acids is 1. The van der Waals surface area contributed by atoms with E-state index in [2.05, 4.69) is 39.9 Å². The lowest BCUT2D eigenvalue weighted by Gasteiger charge is -2.18. The number of anilines is 1. The summed E-state index contributed by atoms with van der Waals surface area (Å²) in [5.74, 6) is 1.19. The summed E-state index contributed by atoms with van der Waals surface area (Å²) in [6.07, 6.45) is 0.646. The SMILES string of the molecule is COc1ccc(Cl)cc1NC(=O)c1ccc(Cc2c(C)c(C)c(C)c(C)c2C)o1.